The predicted octanol–water partition coefficient (Wildman–Crippen LogP) is 5.60. The van der Waals surface area contributed by atoms with E-state index in [-0.39, 0.29) is 28.7 Å². The Morgan fingerprint density at radius 3 is 2.24 bits per heavy atom. The molecule has 3 aromatic heterocycles. The summed E-state index contributed by atoms with van der Waals surface area (Å²) in [6.07, 6.45) is -2.64. The van der Waals surface area contributed by atoms with Crippen molar-refractivity contribution < 1.29 is 31.1 Å². The monoisotopic (exact) mass is 497 g/mol. The van der Waals surface area contributed by atoms with Gasteiger partial charge in [-0.1, -0.05) is 0 Å². The average Bonchev–Trinajstić information content (AvgIpc) is 3.45. The van der Waals surface area contributed by atoms with Crippen LogP contribution in [0.15, 0.2) is 61.4 Å². The van der Waals surface area contributed by atoms with Crippen LogP contribution in [0.1, 0.15) is 31.9 Å². The number of nitrogens with zero attached hydrogens (tertiary/aromatic N) is 4. The second-order valence-corrected chi connectivity index (χ2v) is 8.17. The minimum atomic E-state index is -4.93. The van der Waals surface area contributed by atoms with Crippen molar-refractivity contribution >= 4 is 22.4 Å². The number of carbonyl (C=O) groups is 1. The number of anilines is 1. The lowest BCUT2D eigenvalue weighted by molar-refractivity contribution is -0.143. The van der Waals surface area contributed by atoms with Gasteiger partial charge in [0, 0.05) is 36.1 Å². The number of aromatic nitrogens is 4. The summed E-state index contributed by atoms with van der Waals surface area (Å²) in [7, 11) is 0. The number of carbonyl (C=O) groups excluding carboxylic acids is 1. The minimum absolute atomic E-state index is 0.0773. The first-order valence-electron chi connectivity index (χ1n) is 9.48. The molecule has 1 aromatic carbocycles. The van der Waals surface area contributed by atoms with Crippen LogP contribution in [-0.4, -0.2) is 25.4 Å². The van der Waals surface area contributed by atoms with Gasteiger partial charge in [-0.25, -0.2) is 15.0 Å². The first kappa shape index (κ1) is 23.4. The molecule has 3 heterocycles. The molecule has 0 atom stereocenters. The van der Waals surface area contributed by atoms with Crippen LogP contribution in [0.25, 0.3) is 5.82 Å². The van der Waals surface area contributed by atoms with E-state index in [1.165, 1.54) is 18.5 Å². The topological polar surface area (TPSA) is 72.7 Å². The first-order valence-corrected chi connectivity index (χ1v) is 10.3. The summed E-state index contributed by atoms with van der Waals surface area (Å²) in [6.45, 7) is 0. The summed E-state index contributed by atoms with van der Waals surface area (Å²) >= 11 is 0.940. The third-order valence-electron chi connectivity index (χ3n) is 4.58. The number of hydrogen-bond donors (Lipinski definition) is 1. The summed E-state index contributed by atoms with van der Waals surface area (Å²) in [5, 5.41) is 2.68. The highest BCUT2D eigenvalue weighted by atomic mass is 32.1. The van der Waals surface area contributed by atoms with Crippen molar-refractivity contribution in [1.82, 2.24) is 19.5 Å². The summed E-state index contributed by atoms with van der Waals surface area (Å²) < 4.78 is 80.0. The molecule has 176 valence electrons. The van der Waals surface area contributed by atoms with Gasteiger partial charge in [-0.15, -0.1) is 11.3 Å². The van der Waals surface area contributed by atoms with E-state index < -0.39 is 29.4 Å². The normalized spacial score (nSPS) is 12.1. The lowest BCUT2D eigenvalue weighted by Gasteiger charge is -2.13. The van der Waals surface area contributed by atoms with E-state index >= 15 is 0 Å². The van der Waals surface area contributed by atoms with Gasteiger partial charge in [0.2, 0.25) is 0 Å². The predicted molar refractivity (Wildman–Crippen MR) is 111 cm³/mol. The number of benzene rings is 1. The van der Waals surface area contributed by atoms with Crippen LogP contribution in [0.4, 0.5) is 31.5 Å². The van der Waals surface area contributed by atoms with Crippen molar-refractivity contribution in [3.05, 3.63) is 88.6 Å². The van der Waals surface area contributed by atoms with E-state index in [9.17, 15) is 31.1 Å². The Labute approximate surface area is 191 Å². The number of alkyl halides is 6. The van der Waals surface area contributed by atoms with Crippen molar-refractivity contribution in [3.63, 3.8) is 0 Å². The molecule has 0 fully saturated rings. The summed E-state index contributed by atoms with van der Waals surface area (Å²) in [5.74, 6) is 0.0221. The molecular formula is C21H13F6N5OS. The highest BCUT2D eigenvalue weighted by Gasteiger charge is 2.36. The van der Waals surface area contributed by atoms with Crippen LogP contribution >= 0.6 is 11.3 Å². The van der Waals surface area contributed by atoms with Crippen LogP contribution in [0, 0.1) is 0 Å². The molecule has 0 saturated carbocycles. The lowest BCUT2D eigenvalue weighted by atomic mass is 10.0. The zero-order chi connectivity index (χ0) is 24.5. The van der Waals surface area contributed by atoms with Crippen LogP contribution in [0.5, 0.6) is 0 Å². The average molecular weight is 497 g/mol. The Hall–Kier alpha value is -3.74. The van der Waals surface area contributed by atoms with Gasteiger partial charge in [-0.2, -0.15) is 26.3 Å². The van der Waals surface area contributed by atoms with Crippen LogP contribution in [0.3, 0.4) is 0 Å². The molecule has 0 unspecified atom stereocenters. The Morgan fingerprint density at radius 1 is 0.971 bits per heavy atom. The van der Waals surface area contributed by atoms with Gasteiger partial charge in [-0.3, -0.25) is 14.7 Å². The smallest absolute Gasteiger partial charge is 0.298 e. The van der Waals surface area contributed by atoms with Gasteiger partial charge in [0.05, 0.1) is 16.7 Å². The zero-order valence-corrected chi connectivity index (χ0v) is 17.7. The highest BCUT2D eigenvalue weighted by molar-refractivity contribution is 7.15. The van der Waals surface area contributed by atoms with Gasteiger partial charge in [0.15, 0.2) is 5.13 Å². The summed E-state index contributed by atoms with van der Waals surface area (Å²) in [5.41, 5.74) is -2.72. The van der Waals surface area contributed by atoms with E-state index in [2.05, 4.69) is 20.3 Å². The largest absolute Gasteiger partial charge is 0.416 e. The fraction of sp³-hybridized carbons (Fsp3) is 0.143. The number of pyridine rings is 1. The molecular weight excluding hydrogens is 484 g/mol. The first-order chi connectivity index (χ1) is 16.0. The number of hydrogen-bond acceptors (Lipinski definition) is 5. The van der Waals surface area contributed by atoms with E-state index in [0.717, 1.165) is 11.3 Å². The Balaban J connectivity index is 1.48. The molecule has 0 aliphatic rings. The van der Waals surface area contributed by atoms with Crippen LogP contribution in [-0.2, 0) is 18.8 Å². The number of nitrogens with one attached hydrogen (secondary N) is 1. The fourth-order valence-electron chi connectivity index (χ4n) is 3.01. The molecule has 0 aliphatic heterocycles. The van der Waals surface area contributed by atoms with Crippen molar-refractivity contribution in [2.75, 3.05) is 5.32 Å². The zero-order valence-electron chi connectivity index (χ0n) is 16.9. The minimum Gasteiger partial charge on any atom is -0.298 e. The van der Waals surface area contributed by atoms with Crippen LogP contribution in [0.2, 0.25) is 0 Å². The molecule has 4 aromatic rings. The maximum Gasteiger partial charge on any atom is 0.416 e. The quantitative estimate of drug-likeness (QED) is 0.364. The molecule has 6 nitrogen and oxygen atoms in total. The Bertz CT molecular complexity index is 1260. The molecule has 0 bridgehead atoms. The number of imidazole rings is 1. The molecule has 13 heteroatoms. The van der Waals surface area contributed by atoms with E-state index in [1.54, 1.807) is 29.4 Å². The number of amides is 1. The molecule has 0 spiro atoms. The number of thiazole rings is 1. The van der Waals surface area contributed by atoms with E-state index in [0.29, 0.717) is 22.8 Å². The number of halogens is 6. The second kappa shape index (κ2) is 8.89. The van der Waals surface area contributed by atoms with Crippen molar-refractivity contribution in [3.8, 4) is 5.82 Å². The van der Waals surface area contributed by atoms with Gasteiger partial charge in [0.1, 0.15) is 12.1 Å². The molecule has 34 heavy (non-hydrogen) atoms. The second-order valence-electron chi connectivity index (χ2n) is 7.05. The van der Waals surface area contributed by atoms with Gasteiger partial charge in [0.25, 0.3) is 5.91 Å². The molecule has 1 N–H and O–H groups in total. The van der Waals surface area contributed by atoms with Gasteiger partial charge < -0.3 is 0 Å². The van der Waals surface area contributed by atoms with E-state index in [4.69, 9.17) is 0 Å². The summed E-state index contributed by atoms with van der Waals surface area (Å²) in [4.78, 5) is 24.9. The standard InChI is InChI=1S/C21H13F6N5OS/c22-20(23,24)14-5-12(6-15(8-14)21(25,26)27)7-16-10-30-19(34-16)31-18(33)13-1-2-17(29-9-13)32-4-3-28-11-32/h1-6,8-11H,7H2,(H,30,31,33). The van der Waals surface area contributed by atoms with Gasteiger partial charge >= 0.3 is 12.4 Å². The Morgan fingerprint density at radius 2 is 1.68 bits per heavy atom. The van der Waals surface area contributed by atoms with Crippen LogP contribution < -0.4 is 5.32 Å². The fourth-order valence-corrected chi connectivity index (χ4v) is 3.85. The lowest BCUT2D eigenvalue weighted by Crippen LogP contribution is -2.12. The van der Waals surface area contributed by atoms with Crippen molar-refractivity contribution in [2.24, 2.45) is 0 Å². The van der Waals surface area contributed by atoms with Gasteiger partial charge in [-0.05, 0) is 35.9 Å². The molecule has 4 rings (SSSR count). The molecule has 0 radical (unpaired) electrons. The molecule has 1 amide bonds. The SMILES string of the molecule is O=C(Nc1ncc(Cc2cc(C(F)(F)F)cc(C(F)(F)F)c2)s1)c1ccc(-n2ccnc2)nc1. The number of rotatable bonds is 5. The maximum atomic E-state index is 13.1. The van der Waals surface area contributed by atoms with Crippen molar-refractivity contribution in [2.45, 2.75) is 18.8 Å². The highest BCUT2D eigenvalue weighted by Crippen LogP contribution is 2.37. The molecule has 0 saturated heterocycles. The molecule has 0 aliphatic carbocycles. The Kier molecular flexibility index (Phi) is 6.13. The third kappa shape index (κ3) is 5.42. The van der Waals surface area contributed by atoms with E-state index in [1.807, 2.05) is 0 Å². The maximum absolute atomic E-state index is 13.1. The third-order valence-corrected chi connectivity index (χ3v) is 5.49. The van der Waals surface area contributed by atoms with Crippen molar-refractivity contribution in [1.29, 1.82) is 0 Å². The summed E-state index contributed by atoms with van der Waals surface area (Å²) in [6, 6.07) is 4.55.